The van der Waals surface area contributed by atoms with Crippen molar-refractivity contribution < 1.29 is 4.79 Å². The summed E-state index contributed by atoms with van der Waals surface area (Å²) < 4.78 is 0.879. The minimum atomic E-state index is 0.0515. The second-order valence-corrected chi connectivity index (χ2v) is 4.24. The van der Waals surface area contributed by atoms with Gasteiger partial charge < -0.3 is 5.73 Å². The molecule has 0 saturated heterocycles. The van der Waals surface area contributed by atoms with E-state index >= 15 is 0 Å². The molecule has 4 heteroatoms. The van der Waals surface area contributed by atoms with E-state index in [1.807, 2.05) is 6.07 Å². The summed E-state index contributed by atoms with van der Waals surface area (Å²) in [5.74, 6) is 0.554. The summed E-state index contributed by atoms with van der Waals surface area (Å²) in [5.41, 5.74) is 6.80. The number of alkyl halides is 1. The molecule has 14 heavy (non-hydrogen) atoms. The largest absolute Gasteiger partial charge is 0.398 e. The molecule has 0 aliphatic carbocycles. The summed E-state index contributed by atoms with van der Waals surface area (Å²) in [6.07, 6.45) is 1.14. The van der Waals surface area contributed by atoms with Gasteiger partial charge in [-0.15, -0.1) is 11.6 Å². The van der Waals surface area contributed by atoms with Gasteiger partial charge in [-0.25, -0.2) is 0 Å². The second kappa shape index (κ2) is 5.37. The summed E-state index contributed by atoms with van der Waals surface area (Å²) in [6.45, 7) is 0. The first-order chi connectivity index (χ1) is 6.65. The average Bonchev–Trinajstić information content (AvgIpc) is 2.14. The van der Waals surface area contributed by atoms with Gasteiger partial charge in [0.1, 0.15) is 0 Å². The van der Waals surface area contributed by atoms with Crippen LogP contribution >= 0.6 is 27.5 Å². The van der Waals surface area contributed by atoms with Crippen molar-refractivity contribution in [3.05, 3.63) is 28.2 Å². The number of nitrogen functional groups attached to an aromatic ring is 1. The molecule has 2 nitrogen and oxygen atoms in total. The van der Waals surface area contributed by atoms with Crippen LogP contribution in [-0.4, -0.2) is 11.7 Å². The third-order valence-corrected chi connectivity index (χ3v) is 2.61. The fraction of sp³-hybridized carbons (Fsp3) is 0.300. The van der Waals surface area contributed by atoms with Crippen LogP contribution in [-0.2, 0) is 0 Å². The Morgan fingerprint density at radius 1 is 1.50 bits per heavy atom. The molecule has 2 N–H and O–H groups in total. The van der Waals surface area contributed by atoms with Crippen molar-refractivity contribution in [3.63, 3.8) is 0 Å². The Hall–Kier alpha value is -0.540. The predicted molar refractivity (Wildman–Crippen MR) is 62.8 cm³/mol. The van der Waals surface area contributed by atoms with Crippen molar-refractivity contribution in [1.82, 2.24) is 0 Å². The van der Waals surface area contributed by atoms with Crippen LogP contribution in [0.25, 0.3) is 0 Å². The van der Waals surface area contributed by atoms with Gasteiger partial charge in [-0.1, -0.05) is 15.9 Å². The molecule has 0 bridgehead atoms. The lowest BCUT2D eigenvalue weighted by molar-refractivity contribution is 0.0983. The quantitative estimate of drug-likeness (QED) is 0.521. The van der Waals surface area contributed by atoms with E-state index in [1.54, 1.807) is 12.1 Å². The summed E-state index contributed by atoms with van der Waals surface area (Å²) in [4.78, 5) is 11.6. The molecule has 0 atom stereocenters. The molecular weight excluding hydrogens is 265 g/mol. The summed E-state index contributed by atoms with van der Waals surface area (Å²) in [6, 6.07) is 5.27. The van der Waals surface area contributed by atoms with E-state index < -0.39 is 0 Å². The first kappa shape index (κ1) is 11.5. The molecule has 0 fully saturated rings. The summed E-state index contributed by atoms with van der Waals surface area (Å²) in [5, 5.41) is 0. The van der Waals surface area contributed by atoms with Gasteiger partial charge in [0.15, 0.2) is 5.78 Å². The zero-order valence-electron chi connectivity index (χ0n) is 7.59. The van der Waals surface area contributed by atoms with Gasteiger partial charge in [-0.2, -0.15) is 0 Å². The zero-order valence-corrected chi connectivity index (χ0v) is 9.94. The molecular formula is C10H11BrClNO. The molecule has 0 radical (unpaired) electrons. The summed E-state index contributed by atoms with van der Waals surface area (Å²) in [7, 11) is 0. The maximum atomic E-state index is 11.6. The van der Waals surface area contributed by atoms with Crippen molar-refractivity contribution in [2.75, 3.05) is 11.6 Å². The number of anilines is 1. The predicted octanol–water partition coefficient (Wildman–Crippen LogP) is 3.23. The Morgan fingerprint density at radius 2 is 2.21 bits per heavy atom. The molecule has 0 unspecified atom stereocenters. The van der Waals surface area contributed by atoms with Gasteiger partial charge in [0, 0.05) is 28.0 Å². The van der Waals surface area contributed by atoms with Gasteiger partial charge in [0.2, 0.25) is 0 Å². The number of Topliss-reactive ketones (excluding diaryl/α,β-unsaturated/α-hetero) is 1. The topological polar surface area (TPSA) is 43.1 Å². The number of halogens is 2. The SMILES string of the molecule is Nc1cc(Br)ccc1C(=O)CCCCl. The van der Waals surface area contributed by atoms with E-state index in [1.165, 1.54) is 0 Å². The van der Waals surface area contributed by atoms with Gasteiger partial charge in [-0.3, -0.25) is 4.79 Å². The van der Waals surface area contributed by atoms with Crippen molar-refractivity contribution in [2.45, 2.75) is 12.8 Å². The van der Waals surface area contributed by atoms with Crippen LogP contribution in [0.15, 0.2) is 22.7 Å². The monoisotopic (exact) mass is 275 g/mol. The molecule has 0 heterocycles. The highest BCUT2D eigenvalue weighted by molar-refractivity contribution is 9.10. The summed E-state index contributed by atoms with van der Waals surface area (Å²) >= 11 is 8.79. The van der Waals surface area contributed by atoms with Crippen LogP contribution in [0.5, 0.6) is 0 Å². The van der Waals surface area contributed by atoms with Crippen LogP contribution in [0, 0.1) is 0 Å². The van der Waals surface area contributed by atoms with Gasteiger partial charge >= 0.3 is 0 Å². The van der Waals surface area contributed by atoms with Crippen molar-refractivity contribution in [2.24, 2.45) is 0 Å². The number of rotatable bonds is 4. The number of ketones is 1. The first-order valence-corrected chi connectivity index (χ1v) is 5.62. The zero-order chi connectivity index (χ0) is 10.6. The van der Waals surface area contributed by atoms with E-state index in [0.717, 1.165) is 4.47 Å². The minimum Gasteiger partial charge on any atom is -0.398 e. The molecule has 76 valence electrons. The number of nitrogens with two attached hydrogens (primary N) is 1. The van der Waals surface area contributed by atoms with E-state index in [2.05, 4.69) is 15.9 Å². The van der Waals surface area contributed by atoms with E-state index in [9.17, 15) is 4.79 Å². The smallest absolute Gasteiger partial charge is 0.164 e. The van der Waals surface area contributed by atoms with Crippen molar-refractivity contribution in [3.8, 4) is 0 Å². The third kappa shape index (κ3) is 3.00. The maximum Gasteiger partial charge on any atom is 0.164 e. The first-order valence-electron chi connectivity index (χ1n) is 4.29. The lowest BCUT2D eigenvalue weighted by Gasteiger charge is -2.04. The van der Waals surface area contributed by atoms with E-state index in [0.29, 0.717) is 30.0 Å². The van der Waals surface area contributed by atoms with Gasteiger partial charge in [-0.05, 0) is 24.6 Å². The second-order valence-electron chi connectivity index (χ2n) is 2.95. The number of carbonyl (C=O) groups is 1. The number of hydrogen-bond acceptors (Lipinski definition) is 2. The lowest BCUT2D eigenvalue weighted by Crippen LogP contribution is -2.03. The van der Waals surface area contributed by atoms with E-state index in [-0.39, 0.29) is 5.78 Å². The highest BCUT2D eigenvalue weighted by Crippen LogP contribution is 2.20. The normalized spacial score (nSPS) is 10.1. The Morgan fingerprint density at radius 3 is 2.79 bits per heavy atom. The van der Waals surface area contributed by atoms with Crippen molar-refractivity contribution >= 4 is 39.0 Å². The Balaban J connectivity index is 2.80. The molecule has 0 saturated carbocycles. The molecule has 0 spiro atoms. The van der Waals surface area contributed by atoms with Gasteiger partial charge in [0.25, 0.3) is 0 Å². The molecule has 0 aliphatic heterocycles. The van der Waals surface area contributed by atoms with Crippen LogP contribution < -0.4 is 5.73 Å². The van der Waals surface area contributed by atoms with Crippen molar-refractivity contribution in [1.29, 1.82) is 0 Å². The van der Waals surface area contributed by atoms with Crippen LogP contribution in [0.3, 0.4) is 0 Å². The Labute approximate surface area is 96.6 Å². The Bertz CT molecular complexity index is 341. The standard InChI is InChI=1S/C10H11BrClNO/c11-7-3-4-8(9(13)6-7)10(14)2-1-5-12/h3-4,6H,1-2,5,13H2. The van der Waals surface area contributed by atoms with E-state index in [4.69, 9.17) is 17.3 Å². The highest BCUT2D eigenvalue weighted by Gasteiger charge is 2.08. The lowest BCUT2D eigenvalue weighted by atomic mass is 10.1. The molecule has 1 aromatic carbocycles. The molecule has 0 aromatic heterocycles. The third-order valence-electron chi connectivity index (χ3n) is 1.85. The maximum absolute atomic E-state index is 11.6. The molecule has 1 rings (SSSR count). The number of benzene rings is 1. The number of carbonyl (C=O) groups excluding carboxylic acids is 1. The van der Waals surface area contributed by atoms with Crippen LogP contribution in [0.4, 0.5) is 5.69 Å². The average molecular weight is 277 g/mol. The van der Waals surface area contributed by atoms with Crippen LogP contribution in [0.1, 0.15) is 23.2 Å². The fourth-order valence-electron chi connectivity index (χ4n) is 1.15. The minimum absolute atomic E-state index is 0.0515. The van der Waals surface area contributed by atoms with Gasteiger partial charge in [0.05, 0.1) is 0 Å². The molecule has 0 amide bonds. The Kier molecular flexibility index (Phi) is 4.42. The fourth-order valence-corrected chi connectivity index (χ4v) is 1.66. The molecule has 0 aliphatic rings. The van der Waals surface area contributed by atoms with Crippen LogP contribution in [0.2, 0.25) is 0 Å². The number of hydrogen-bond donors (Lipinski definition) is 1. The molecule has 1 aromatic rings. The highest BCUT2D eigenvalue weighted by atomic mass is 79.9.